The highest BCUT2D eigenvalue weighted by atomic mass is 35.5. The van der Waals surface area contributed by atoms with Crippen molar-refractivity contribution in [2.75, 3.05) is 5.32 Å². The Morgan fingerprint density at radius 2 is 1.63 bits per heavy atom. The number of hydrogen-bond acceptors (Lipinski definition) is 2. The summed E-state index contributed by atoms with van der Waals surface area (Å²) in [5.74, 6) is -0.203. The summed E-state index contributed by atoms with van der Waals surface area (Å²) in [6, 6.07) is 3.07. The topological polar surface area (TPSA) is 41.1 Å². The number of thiocarbonyl (C=S) groups is 1. The Morgan fingerprint density at radius 1 is 1.16 bits per heavy atom. The Hall–Kier alpha value is -0.550. The van der Waals surface area contributed by atoms with Gasteiger partial charge in [-0.25, -0.2) is 0 Å². The lowest BCUT2D eigenvalue weighted by atomic mass is 9.96. The average molecular weight is 340 g/mol. The van der Waals surface area contributed by atoms with Crippen LogP contribution in [-0.2, 0) is 4.79 Å². The number of carbonyl (C=O) groups is 1. The summed E-state index contributed by atoms with van der Waals surface area (Å²) in [7, 11) is 0. The van der Waals surface area contributed by atoms with E-state index in [1.165, 1.54) is 12.1 Å². The maximum Gasteiger partial charge on any atom is 0.231 e. The predicted molar refractivity (Wildman–Crippen MR) is 85.3 cm³/mol. The summed E-state index contributed by atoms with van der Waals surface area (Å²) in [6.07, 6.45) is 0. The van der Waals surface area contributed by atoms with Crippen LogP contribution in [0.4, 0.5) is 5.69 Å². The SMILES string of the molecule is CC(C)(C)C(=O)NC(=S)Nc1c(Cl)cc(Cl)cc1Cl. The van der Waals surface area contributed by atoms with E-state index in [1.807, 2.05) is 0 Å². The first-order chi connectivity index (χ1) is 8.61. The molecule has 0 radical (unpaired) electrons. The predicted octanol–water partition coefficient (Wildman–Crippen LogP) is 4.51. The molecule has 0 unspecified atom stereocenters. The molecule has 0 aliphatic carbocycles. The zero-order chi connectivity index (χ0) is 14.8. The Bertz CT molecular complexity index is 503. The molecule has 0 saturated heterocycles. The second-order valence-electron chi connectivity index (χ2n) is 4.90. The zero-order valence-electron chi connectivity index (χ0n) is 10.6. The van der Waals surface area contributed by atoms with Crippen molar-refractivity contribution in [3.63, 3.8) is 0 Å². The van der Waals surface area contributed by atoms with Crippen LogP contribution < -0.4 is 10.6 Å². The fourth-order valence-electron chi connectivity index (χ4n) is 1.10. The lowest BCUT2D eigenvalue weighted by molar-refractivity contribution is -0.126. The summed E-state index contributed by atoms with van der Waals surface area (Å²) in [5, 5.41) is 6.55. The molecule has 0 saturated carbocycles. The molecule has 0 heterocycles. The van der Waals surface area contributed by atoms with Gasteiger partial charge in [-0.2, -0.15) is 0 Å². The van der Waals surface area contributed by atoms with Gasteiger partial charge in [0.05, 0.1) is 15.7 Å². The fourth-order valence-corrected chi connectivity index (χ4v) is 2.20. The number of rotatable bonds is 1. The molecular formula is C12H13Cl3N2OS. The number of halogens is 3. The zero-order valence-corrected chi connectivity index (χ0v) is 13.7. The molecule has 1 aromatic carbocycles. The van der Waals surface area contributed by atoms with E-state index in [0.717, 1.165) is 0 Å². The van der Waals surface area contributed by atoms with Gasteiger partial charge >= 0.3 is 0 Å². The first kappa shape index (κ1) is 16.5. The summed E-state index contributed by atoms with van der Waals surface area (Å²) in [6.45, 7) is 5.35. The molecule has 1 aromatic rings. The smallest absolute Gasteiger partial charge is 0.231 e. The summed E-state index contributed by atoms with van der Waals surface area (Å²) in [5.41, 5.74) is -0.133. The molecule has 1 amide bonds. The van der Waals surface area contributed by atoms with E-state index in [1.54, 1.807) is 20.8 Å². The van der Waals surface area contributed by atoms with Gasteiger partial charge in [0, 0.05) is 10.4 Å². The number of amides is 1. The highest BCUT2D eigenvalue weighted by Crippen LogP contribution is 2.33. The number of anilines is 1. The summed E-state index contributed by atoms with van der Waals surface area (Å²) in [4.78, 5) is 11.8. The Balaban J connectivity index is 2.82. The molecule has 104 valence electrons. The van der Waals surface area contributed by atoms with Crippen LogP contribution in [0.5, 0.6) is 0 Å². The molecule has 3 nitrogen and oxygen atoms in total. The second kappa shape index (κ2) is 6.27. The van der Waals surface area contributed by atoms with E-state index in [0.29, 0.717) is 20.8 Å². The number of hydrogen-bond donors (Lipinski definition) is 2. The highest BCUT2D eigenvalue weighted by Gasteiger charge is 2.22. The minimum atomic E-state index is -0.542. The summed E-state index contributed by atoms with van der Waals surface area (Å²) < 4.78 is 0. The molecule has 7 heteroatoms. The second-order valence-corrected chi connectivity index (χ2v) is 6.56. The van der Waals surface area contributed by atoms with E-state index >= 15 is 0 Å². The van der Waals surface area contributed by atoms with Crippen molar-refractivity contribution in [1.82, 2.24) is 5.32 Å². The minimum Gasteiger partial charge on any atom is -0.330 e. The van der Waals surface area contributed by atoms with Gasteiger partial charge in [0.15, 0.2) is 5.11 Å². The van der Waals surface area contributed by atoms with Crippen molar-refractivity contribution in [1.29, 1.82) is 0 Å². The maximum atomic E-state index is 11.8. The van der Waals surface area contributed by atoms with E-state index in [9.17, 15) is 4.79 Å². The van der Waals surface area contributed by atoms with Gasteiger partial charge in [-0.15, -0.1) is 0 Å². The molecular weight excluding hydrogens is 327 g/mol. The molecule has 0 fully saturated rings. The minimum absolute atomic E-state index is 0.131. The molecule has 0 atom stereocenters. The van der Waals surface area contributed by atoms with Gasteiger partial charge in [0.2, 0.25) is 5.91 Å². The Kier molecular flexibility index (Phi) is 5.44. The highest BCUT2D eigenvalue weighted by molar-refractivity contribution is 7.80. The third kappa shape index (κ3) is 4.80. The van der Waals surface area contributed by atoms with Crippen LogP contribution in [-0.4, -0.2) is 11.0 Å². The first-order valence-corrected chi connectivity index (χ1v) is 6.92. The van der Waals surface area contributed by atoms with Gasteiger partial charge in [-0.3, -0.25) is 4.79 Å². The standard InChI is InChI=1S/C12H13Cl3N2OS/c1-12(2,3)10(18)17-11(19)16-9-7(14)4-6(13)5-8(9)15/h4-5H,1-3H3,(H2,16,17,18,19). The van der Waals surface area contributed by atoms with Crippen LogP contribution in [0.1, 0.15) is 20.8 Å². The molecule has 0 aliphatic heterocycles. The molecule has 19 heavy (non-hydrogen) atoms. The van der Waals surface area contributed by atoms with E-state index in [2.05, 4.69) is 10.6 Å². The molecule has 2 N–H and O–H groups in total. The average Bonchev–Trinajstić information content (AvgIpc) is 2.21. The Labute approximate surface area is 132 Å². The van der Waals surface area contributed by atoms with Gasteiger partial charge < -0.3 is 10.6 Å². The van der Waals surface area contributed by atoms with Crippen molar-refractivity contribution in [2.24, 2.45) is 5.41 Å². The largest absolute Gasteiger partial charge is 0.330 e. The third-order valence-corrected chi connectivity index (χ3v) is 3.17. The molecule has 0 spiro atoms. The third-order valence-electron chi connectivity index (χ3n) is 2.15. The molecule has 0 aromatic heterocycles. The van der Waals surface area contributed by atoms with Crippen molar-refractivity contribution < 1.29 is 4.79 Å². The van der Waals surface area contributed by atoms with Gasteiger partial charge in [0.25, 0.3) is 0 Å². The van der Waals surface area contributed by atoms with Gasteiger partial charge in [0.1, 0.15) is 0 Å². The van der Waals surface area contributed by atoms with Crippen LogP contribution in [0.25, 0.3) is 0 Å². The van der Waals surface area contributed by atoms with Crippen molar-refractivity contribution >= 4 is 63.7 Å². The van der Waals surface area contributed by atoms with Crippen LogP contribution in [0.2, 0.25) is 15.1 Å². The van der Waals surface area contributed by atoms with E-state index in [-0.39, 0.29) is 11.0 Å². The maximum absolute atomic E-state index is 11.8. The monoisotopic (exact) mass is 338 g/mol. The van der Waals surface area contributed by atoms with Crippen LogP contribution >= 0.6 is 47.0 Å². The van der Waals surface area contributed by atoms with Gasteiger partial charge in [-0.05, 0) is 24.4 Å². The molecule has 0 bridgehead atoms. The van der Waals surface area contributed by atoms with Crippen LogP contribution in [0.15, 0.2) is 12.1 Å². The lowest BCUT2D eigenvalue weighted by Crippen LogP contribution is -2.41. The van der Waals surface area contributed by atoms with Crippen molar-refractivity contribution in [3.05, 3.63) is 27.2 Å². The summed E-state index contributed by atoms with van der Waals surface area (Å²) >= 11 is 22.8. The molecule has 0 aliphatic rings. The quantitative estimate of drug-likeness (QED) is 0.740. The van der Waals surface area contributed by atoms with E-state index < -0.39 is 5.41 Å². The van der Waals surface area contributed by atoms with E-state index in [4.69, 9.17) is 47.0 Å². The number of benzene rings is 1. The fraction of sp³-hybridized carbons (Fsp3) is 0.333. The van der Waals surface area contributed by atoms with Crippen LogP contribution in [0.3, 0.4) is 0 Å². The van der Waals surface area contributed by atoms with Gasteiger partial charge in [-0.1, -0.05) is 55.6 Å². The molecule has 1 rings (SSSR count). The number of carbonyl (C=O) groups excluding carboxylic acids is 1. The Morgan fingerprint density at radius 3 is 2.05 bits per heavy atom. The lowest BCUT2D eigenvalue weighted by Gasteiger charge is -2.19. The number of nitrogens with one attached hydrogen (secondary N) is 2. The first-order valence-electron chi connectivity index (χ1n) is 5.38. The van der Waals surface area contributed by atoms with Crippen molar-refractivity contribution in [2.45, 2.75) is 20.8 Å². The van der Waals surface area contributed by atoms with Crippen LogP contribution in [0, 0.1) is 5.41 Å². The van der Waals surface area contributed by atoms with Crippen molar-refractivity contribution in [3.8, 4) is 0 Å². The normalized spacial score (nSPS) is 11.1.